The van der Waals surface area contributed by atoms with E-state index in [0.29, 0.717) is 19.0 Å². The number of nitrogens with one attached hydrogen (secondary N) is 1. The maximum absolute atomic E-state index is 10.1. The van der Waals surface area contributed by atoms with Crippen LogP contribution < -0.4 is 5.32 Å². The average Bonchev–Trinajstić information content (AvgIpc) is 2.17. The molecule has 0 aromatic carbocycles. The first-order valence-electron chi connectivity index (χ1n) is 5.41. The lowest BCUT2D eigenvalue weighted by Crippen LogP contribution is -2.32. The highest BCUT2D eigenvalue weighted by atomic mass is 32.3. The van der Waals surface area contributed by atoms with Gasteiger partial charge in [-0.05, 0) is 25.8 Å². The van der Waals surface area contributed by atoms with Crippen molar-refractivity contribution in [2.75, 3.05) is 13.2 Å². The second-order valence-corrected chi connectivity index (χ2v) is 4.93. The Labute approximate surface area is 91.2 Å². The number of hydrogen-bond acceptors (Lipinski definition) is 5. The zero-order valence-electron chi connectivity index (χ0n) is 8.78. The maximum atomic E-state index is 10.1. The predicted octanol–water partition coefficient (Wildman–Crippen LogP) is 0.776. The zero-order valence-corrected chi connectivity index (χ0v) is 9.59. The molecule has 0 aromatic heterocycles. The third-order valence-electron chi connectivity index (χ3n) is 2.59. The van der Waals surface area contributed by atoms with E-state index in [1.165, 1.54) is 32.1 Å². The minimum Gasteiger partial charge on any atom is -0.726 e. The first kappa shape index (κ1) is 12.9. The van der Waals surface area contributed by atoms with Crippen LogP contribution in [0.3, 0.4) is 0 Å². The molecule has 0 aromatic rings. The number of rotatable bonds is 6. The first-order chi connectivity index (χ1) is 7.08. The Hall–Kier alpha value is -0.170. The maximum Gasteiger partial charge on any atom is 0.217 e. The van der Waals surface area contributed by atoms with Gasteiger partial charge in [-0.15, -0.1) is 0 Å². The summed E-state index contributed by atoms with van der Waals surface area (Å²) in [5.41, 5.74) is 0. The molecule has 6 heteroatoms. The van der Waals surface area contributed by atoms with Crippen LogP contribution in [-0.4, -0.2) is 32.2 Å². The van der Waals surface area contributed by atoms with Crippen molar-refractivity contribution < 1.29 is 17.2 Å². The minimum atomic E-state index is -4.51. The van der Waals surface area contributed by atoms with Gasteiger partial charge in [0, 0.05) is 6.04 Å². The molecule has 0 heterocycles. The van der Waals surface area contributed by atoms with Crippen molar-refractivity contribution in [1.29, 1.82) is 0 Å². The summed E-state index contributed by atoms with van der Waals surface area (Å²) in [6, 6.07) is 0.558. The molecule has 1 saturated carbocycles. The Morgan fingerprint density at radius 2 is 1.93 bits per heavy atom. The molecular formula is C9H18NO4S-. The van der Waals surface area contributed by atoms with Crippen molar-refractivity contribution in [3.63, 3.8) is 0 Å². The van der Waals surface area contributed by atoms with Crippen LogP contribution in [0.5, 0.6) is 0 Å². The monoisotopic (exact) mass is 236 g/mol. The quantitative estimate of drug-likeness (QED) is 0.419. The number of hydrogen-bond donors (Lipinski definition) is 1. The van der Waals surface area contributed by atoms with Gasteiger partial charge in [0.25, 0.3) is 0 Å². The molecule has 90 valence electrons. The summed E-state index contributed by atoms with van der Waals surface area (Å²) in [6.45, 7) is 0.686. The fourth-order valence-electron chi connectivity index (χ4n) is 1.85. The summed E-state index contributed by atoms with van der Waals surface area (Å²) in [4.78, 5) is 0. The molecule has 1 fully saturated rings. The fraction of sp³-hybridized carbons (Fsp3) is 1.00. The molecule has 1 rings (SSSR count). The van der Waals surface area contributed by atoms with Crippen LogP contribution in [0.15, 0.2) is 0 Å². The van der Waals surface area contributed by atoms with Crippen molar-refractivity contribution in [1.82, 2.24) is 5.32 Å². The summed E-state index contributed by atoms with van der Waals surface area (Å²) in [5.74, 6) is 0. The van der Waals surface area contributed by atoms with E-state index >= 15 is 0 Å². The van der Waals surface area contributed by atoms with Crippen LogP contribution >= 0.6 is 0 Å². The molecule has 15 heavy (non-hydrogen) atoms. The van der Waals surface area contributed by atoms with Gasteiger partial charge in [0.2, 0.25) is 10.4 Å². The second-order valence-electron chi connectivity index (χ2n) is 3.87. The van der Waals surface area contributed by atoms with E-state index < -0.39 is 10.4 Å². The standard InChI is InChI=1S/C9H19NO4S/c11-15(12,13)14-8-4-7-10-9-5-2-1-3-6-9/h9-10H,1-8H2,(H,11,12,13)/p-1. The van der Waals surface area contributed by atoms with E-state index in [-0.39, 0.29) is 6.61 Å². The summed E-state index contributed by atoms with van der Waals surface area (Å²) in [7, 11) is -4.51. The molecule has 1 N–H and O–H groups in total. The van der Waals surface area contributed by atoms with Gasteiger partial charge in [0.15, 0.2) is 0 Å². The third kappa shape index (κ3) is 6.83. The van der Waals surface area contributed by atoms with Crippen LogP contribution in [0.25, 0.3) is 0 Å². The van der Waals surface area contributed by atoms with Crippen LogP contribution in [0, 0.1) is 0 Å². The molecule has 0 amide bonds. The molecule has 0 unspecified atom stereocenters. The largest absolute Gasteiger partial charge is 0.726 e. The van der Waals surface area contributed by atoms with E-state index in [1.54, 1.807) is 0 Å². The molecule has 1 aliphatic rings. The van der Waals surface area contributed by atoms with E-state index in [0.717, 1.165) is 0 Å². The van der Waals surface area contributed by atoms with Crippen molar-refractivity contribution in [2.24, 2.45) is 0 Å². The zero-order chi connectivity index (χ0) is 11.1. The van der Waals surface area contributed by atoms with Gasteiger partial charge in [-0.3, -0.25) is 4.18 Å². The Morgan fingerprint density at radius 3 is 2.53 bits per heavy atom. The highest BCUT2D eigenvalue weighted by Crippen LogP contribution is 2.17. The van der Waals surface area contributed by atoms with Crippen LogP contribution in [0.4, 0.5) is 0 Å². The molecule has 0 saturated heterocycles. The summed E-state index contributed by atoms with van der Waals surface area (Å²) >= 11 is 0. The van der Waals surface area contributed by atoms with Gasteiger partial charge in [-0.25, -0.2) is 8.42 Å². The Kier molecular flexibility index (Phi) is 5.52. The van der Waals surface area contributed by atoms with Gasteiger partial charge >= 0.3 is 0 Å². The van der Waals surface area contributed by atoms with Crippen molar-refractivity contribution >= 4 is 10.4 Å². The molecule has 5 nitrogen and oxygen atoms in total. The topological polar surface area (TPSA) is 78.5 Å². The lowest BCUT2D eigenvalue weighted by atomic mass is 9.95. The molecular weight excluding hydrogens is 218 g/mol. The summed E-state index contributed by atoms with van der Waals surface area (Å²) in [6.07, 6.45) is 6.79. The second kappa shape index (κ2) is 6.42. The molecule has 0 bridgehead atoms. The van der Waals surface area contributed by atoms with Crippen molar-refractivity contribution in [3.8, 4) is 0 Å². The highest BCUT2D eigenvalue weighted by molar-refractivity contribution is 7.80. The van der Waals surface area contributed by atoms with Gasteiger partial charge in [0.05, 0.1) is 6.61 Å². The highest BCUT2D eigenvalue weighted by Gasteiger charge is 2.11. The lowest BCUT2D eigenvalue weighted by molar-refractivity contribution is 0.253. The molecule has 0 atom stereocenters. The minimum absolute atomic E-state index is 0.0223. The predicted molar refractivity (Wildman–Crippen MR) is 55.1 cm³/mol. The average molecular weight is 236 g/mol. The Balaban J connectivity index is 1.96. The van der Waals surface area contributed by atoms with Gasteiger partial charge in [-0.1, -0.05) is 19.3 Å². The lowest BCUT2D eigenvalue weighted by Gasteiger charge is -2.22. The summed E-state index contributed by atoms with van der Waals surface area (Å²) in [5, 5.41) is 3.33. The van der Waals surface area contributed by atoms with E-state index in [1.807, 2.05) is 0 Å². The Bertz CT molecular complexity index is 259. The fourth-order valence-corrected chi connectivity index (χ4v) is 2.17. The normalized spacial score (nSPS) is 19.3. The van der Waals surface area contributed by atoms with Crippen LogP contribution in [0.1, 0.15) is 38.5 Å². The van der Waals surface area contributed by atoms with Crippen molar-refractivity contribution in [3.05, 3.63) is 0 Å². The van der Waals surface area contributed by atoms with E-state index in [2.05, 4.69) is 9.50 Å². The first-order valence-corrected chi connectivity index (χ1v) is 6.75. The molecule has 0 spiro atoms. The molecule has 0 radical (unpaired) electrons. The van der Waals surface area contributed by atoms with E-state index in [4.69, 9.17) is 0 Å². The van der Waals surface area contributed by atoms with E-state index in [9.17, 15) is 13.0 Å². The van der Waals surface area contributed by atoms with Crippen LogP contribution in [-0.2, 0) is 14.6 Å². The van der Waals surface area contributed by atoms with Gasteiger partial charge in [0.1, 0.15) is 0 Å². The Morgan fingerprint density at radius 1 is 1.27 bits per heavy atom. The molecule has 0 aliphatic heterocycles. The van der Waals surface area contributed by atoms with Gasteiger partial charge < -0.3 is 9.87 Å². The third-order valence-corrected chi connectivity index (χ3v) is 3.04. The van der Waals surface area contributed by atoms with Crippen LogP contribution in [0.2, 0.25) is 0 Å². The van der Waals surface area contributed by atoms with Gasteiger partial charge in [-0.2, -0.15) is 0 Å². The summed E-state index contributed by atoms with van der Waals surface area (Å²) < 4.78 is 34.4. The smallest absolute Gasteiger partial charge is 0.217 e. The SMILES string of the molecule is O=S(=O)([O-])OCCCNC1CCCCC1. The molecule has 1 aliphatic carbocycles. The van der Waals surface area contributed by atoms with Crippen molar-refractivity contribution in [2.45, 2.75) is 44.6 Å².